The summed E-state index contributed by atoms with van der Waals surface area (Å²) in [6.45, 7) is 6.71. The molecule has 5 heteroatoms. The van der Waals surface area contributed by atoms with Crippen molar-refractivity contribution in [3.8, 4) is 0 Å². The van der Waals surface area contributed by atoms with Crippen molar-refractivity contribution in [2.24, 2.45) is 0 Å². The molecule has 1 heterocycles. The van der Waals surface area contributed by atoms with E-state index in [2.05, 4.69) is 22.2 Å². The number of hydrogen-bond donors (Lipinski definition) is 1. The maximum absolute atomic E-state index is 11.7. The highest BCUT2D eigenvalue weighted by atomic mass is 16.5. The Labute approximate surface area is 97.7 Å². The van der Waals surface area contributed by atoms with Crippen LogP contribution in [0.3, 0.4) is 0 Å². The van der Waals surface area contributed by atoms with E-state index in [0.717, 1.165) is 26.2 Å². The number of nitrogens with zero attached hydrogens (tertiary/aromatic N) is 2. The third kappa shape index (κ3) is 3.17. The molecule has 0 spiro atoms. The molecule has 1 unspecified atom stereocenters. The molecule has 16 heavy (non-hydrogen) atoms. The van der Waals surface area contributed by atoms with E-state index in [1.54, 1.807) is 7.05 Å². The van der Waals surface area contributed by atoms with Gasteiger partial charge in [-0.15, -0.1) is 0 Å². The summed E-state index contributed by atoms with van der Waals surface area (Å²) >= 11 is 0. The summed E-state index contributed by atoms with van der Waals surface area (Å²) < 4.78 is 4.83. The van der Waals surface area contributed by atoms with E-state index in [1.807, 2.05) is 6.92 Å². The van der Waals surface area contributed by atoms with Crippen LogP contribution in [-0.2, 0) is 9.53 Å². The Kier molecular flexibility index (Phi) is 4.70. The number of likely N-dealkylation sites (N-methyl/N-ethyl adjacent to an activating group) is 2. The minimum absolute atomic E-state index is 0.200. The van der Waals surface area contributed by atoms with Gasteiger partial charge >= 0.3 is 5.97 Å². The van der Waals surface area contributed by atoms with Gasteiger partial charge in [0.1, 0.15) is 5.54 Å². The van der Waals surface area contributed by atoms with Gasteiger partial charge in [-0.05, 0) is 21.0 Å². The van der Waals surface area contributed by atoms with Gasteiger partial charge in [-0.25, -0.2) is 0 Å². The van der Waals surface area contributed by atoms with Crippen LogP contribution >= 0.6 is 0 Å². The maximum Gasteiger partial charge on any atom is 0.327 e. The Morgan fingerprint density at radius 2 is 1.94 bits per heavy atom. The summed E-state index contributed by atoms with van der Waals surface area (Å²) in [6, 6.07) is 0. The maximum atomic E-state index is 11.7. The Bertz CT molecular complexity index is 239. The first-order chi connectivity index (χ1) is 7.51. The lowest BCUT2D eigenvalue weighted by Crippen LogP contribution is -2.58. The van der Waals surface area contributed by atoms with E-state index in [1.165, 1.54) is 7.11 Å². The molecule has 0 aromatic rings. The van der Waals surface area contributed by atoms with E-state index in [9.17, 15) is 4.79 Å². The van der Waals surface area contributed by atoms with Crippen LogP contribution in [-0.4, -0.2) is 75.2 Å². The molecule has 1 aliphatic heterocycles. The Hall–Kier alpha value is -0.650. The van der Waals surface area contributed by atoms with E-state index < -0.39 is 5.54 Å². The molecule has 0 aromatic carbocycles. The second-order valence-corrected chi connectivity index (χ2v) is 4.65. The van der Waals surface area contributed by atoms with Crippen molar-refractivity contribution in [2.75, 3.05) is 53.9 Å². The van der Waals surface area contributed by atoms with Crippen molar-refractivity contribution < 1.29 is 9.53 Å². The number of carbonyl (C=O) groups excluding carboxylic acids is 1. The quantitative estimate of drug-likeness (QED) is 0.651. The van der Waals surface area contributed by atoms with Gasteiger partial charge in [0.05, 0.1) is 7.11 Å². The van der Waals surface area contributed by atoms with E-state index >= 15 is 0 Å². The molecule has 1 saturated heterocycles. The molecule has 1 atom stereocenters. The summed E-state index contributed by atoms with van der Waals surface area (Å²) in [5, 5.41) is 3.06. The monoisotopic (exact) mass is 229 g/mol. The largest absolute Gasteiger partial charge is 0.468 e. The summed E-state index contributed by atoms with van der Waals surface area (Å²) in [6.07, 6.45) is 0. The first-order valence-electron chi connectivity index (χ1n) is 5.70. The fraction of sp³-hybridized carbons (Fsp3) is 0.909. The number of piperazine rings is 1. The fourth-order valence-corrected chi connectivity index (χ4v) is 1.92. The van der Waals surface area contributed by atoms with Crippen molar-refractivity contribution in [1.29, 1.82) is 0 Å². The van der Waals surface area contributed by atoms with Gasteiger partial charge in [-0.3, -0.25) is 9.69 Å². The molecule has 0 saturated carbocycles. The van der Waals surface area contributed by atoms with Crippen LogP contribution in [0.5, 0.6) is 0 Å². The molecule has 0 radical (unpaired) electrons. The predicted octanol–water partition coefficient (Wildman–Crippen LogP) is -0.615. The number of ether oxygens (including phenoxy) is 1. The van der Waals surface area contributed by atoms with Gasteiger partial charge in [0.25, 0.3) is 0 Å². The number of carbonyl (C=O) groups is 1. The third-order valence-electron chi connectivity index (χ3n) is 3.32. The molecule has 1 aliphatic rings. The number of hydrogen-bond acceptors (Lipinski definition) is 5. The zero-order valence-electron chi connectivity index (χ0n) is 10.7. The van der Waals surface area contributed by atoms with E-state index in [-0.39, 0.29) is 5.97 Å². The minimum atomic E-state index is -0.606. The standard InChI is InChI=1S/C11H23N3O2/c1-11(12-2,10(15)16-4)9-14-7-5-13(3)6-8-14/h12H,5-9H2,1-4H3. The predicted molar refractivity (Wildman–Crippen MR) is 63.4 cm³/mol. The third-order valence-corrected chi connectivity index (χ3v) is 3.32. The van der Waals surface area contributed by atoms with Crippen LogP contribution in [0.15, 0.2) is 0 Å². The lowest BCUT2D eigenvalue weighted by atomic mass is 10.0. The SMILES string of the molecule is CNC(C)(CN1CCN(C)CC1)C(=O)OC. The first kappa shape index (κ1) is 13.4. The van der Waals surface area contributed by atoms with Gasteiger partial charge in [0.15, 0.2) is 0 Å². The topological polar surface area (TPSA) is 44.8 Å². The average Bonchev–Trinajstić information content (AvgIpc) is 2.31. The Balaban J connectivity index is 2.53. The molecule has 1 N–H and O–H groups in total. The molecule has 0 aliphatic carbocycles. The molecule has 0 aromatic heterocycles. The van der Waals surface area contributed by atoms with Gasteiger partial charge in [-0.2, -0.15) is 0 Å². The van der Waals surface area contributed by atoms with Crippen molar-refractivity contribution in [3.05, 3.63) is 0 Å². The molecular formula is C11H23N3O2. The van der Waals surface area contributed by atoms with Gasteiger partial charge in [0.2, 0.25) is 0 Å². The zero-order chi connectivity index (χ0) is 12.2. The first-order valence-corrected chi connectivity index (χ1v) is 5.70. The number of rotatable bonds is 4. The van der Waals surface area contributed by atoms with Crippen LogP contribution in [0.2, 0.25) is 0 Å². The van der Waals surface area contributed by atoms with Crippen LogP contribution in [0.4, 0.5) is 0 Å². The van der Waals surface area contributed by atoms with Crippen LogP contribution in [0, 0.1) is 0 Å². The second-order valence-electron chi connectivity index (χ2n) is 4.65. The summed E-state index contributed by atoms with van der Waals surface area (Å²) in [4.78, 5) is 16.3. The van der Waals surface area contributed by atoms with Gasteiger partial charge < -0.3 is 15.0 Å². The molecular weight excluding hydrogens is 206 g/mol. The van der Waals surface area contributed by atoms with Crippen molar-refractivity contribution in [3.63, 3.8) is 0 Å². The lowest BCUT2D eigenvalue weighted by Gasteiger charge is -2.37. The Morgan fingerprint density at radius 1 is 1.38 bits per heavy atom. The van der Waals surface area contributed by atoms with Gasteiger partial charge in [-0.1, -0.05) is 0 Å². The zero-order valence-corrected chi connectivity index (χ0v) is 10.7. The van der Waals surface area contributed by atoms with Crippen LogP contribution < -0.4 is 5.32 Å². The molecule has 1 rings (SSSR count). The molecule has 5 nitrogen and oxygen atoms in total. The highest BCUT2D eigenvalue weighted by molar-refractivity contribution is 5.80. The van der Waals surface area contributed by atoms with E-state index in [4.69, 9.17) is 4.74 Å². The van der Waals surface area contributed by atoms with Gasteiger partial charge in [0, 0.05) is 32.7 Å². The summed E-state index contributed by atoms with van der Waals surface area (Å²) in [5.74, 6) is -0.200. The molecule has 0 amide bonds. The average molecular weight is 229 g/mol. The molecule has 0 bridgehead atoms. The minimum Gasteiger partial charge on any atom is -0.468 e. The number of methoxy groups -OCH3 is 1. The number of nitrogens with one attached hydrogen (secondary N) is 1. The van der Waals surface area contributed by atoms with Crippen molar-refractivity contribution in [1.82, 2.24) is 15.1 Å². The molecule has 94 valence electrons. The van der Waals surface area contributed by atoms with Crippen molar-refractivity contribution >= 4 is 5.97 Å². The normalized spacial score (nSPS) is 22.8. The second kappa shape index (κ2) is 5.61. The summed E-state index contributed by atoms with van der Waals surface area (Å²) in [7, 11) is 5.35. The van der Waals surface area contributed by atoms with Crippen LogP contribution in [0.1, 0.15) is 6.92 Å². The highest BCUT2D eigenvalue weighted by Crippen LogP contribution is 2.10. The molecule has 1 fully saturated rings. The lowest BCUT2D eigenvalue weighted by molar-refractivity contribution is -0.148. The summed E-state index contributed by atoms with van der Waals surface area (Å²) in [5.41, 5.74) is -0.606. The number of esters is 1. The Morgan fingerprint density at radius 3 is 2.38 bits per heavy atom. The van der Waals surface area contributed by atoms with Crippen LogP contribution in [0.25, 0.3) is 0 Å². The fourth-order valence-electron chi connectivity index (χ4n) is 1.92. The van der Waals surface area contributed by atoms with Crippen molar-refractivity contribution in [2.45, 2.75) is 12.5 Å². The smallest absolute Gasteiger partial charge is 0.327 e. The van der Waals surface area contributed by atoms with E-state index in [0.29, 0.717) is 6.54 Å². The highest BCUT2D eigenvalue weighted by Gasteiger charge is 2.35.